The van der Waals surface area contributed by atoms with Gasteiger partial charge in [0.25, 0.3) is 10.0 Å². The number of nitrogens with zero attached hydrogens (tertiary/aromatic N) is 1. The van der Waals surface area contributed by atoms with Gasteiger partial charge >= 0.3 is 6.03 Å². The van der Waals surface area contributed by atoms with Crippen molar-refractivity contribution in [2.24, 2.45) is 0 Å². The fourth-order valence-electron chi connectivity index (χ4n) is 2.93. The Hall–Kier alpha value is -3.27. The Kier molecular flexibility index (Phi) is 5.64. The molecule has 0 saturated carbocycles. The molecule has 1 aliphatic rings. The van der Waals surface area contributed by atoms with Gasteiger partial charge in [-0.1, -0.05) is 6.07 Å². The number of nitrogens with one attached hydrogen (secondary N) is 3. The Morgan fingerprint density at radius 2 is 2.00 bits per heavy atom. The predicted molar refractivity (Wildman–Crippen MR) is 108 cm³/mol. The number of sulfonamides is 1. The minimum absolute atomic E-state index is 0.0361. The summed E-state index contributed by atoms with van der Waals surface area (Å²) in [6.07, 6.45) is 0. The standard InChI is InChI=1S/C19H22N4O5S/c1-12(24)20-10-13-4-7-17(28-3)18(8-13)29(26,27)22-15-5-6-16-14(9-15)11-23(2)19(25)21-16/h4-9,22H,10-11H2,1-3H3,(H,20,24)(H,21,25). The maximum atomic E-state index is 13.0. The number of carbonyl (C=O) groups excluding carboxylic acids is 2. The molecule has 0 saturated heterocycles. The van der Waals surface area contributed by atoms with Crippen molar-refractivity contribution in [3.63, 3.8) is 0 Å². The zero-order valence-corrected chi connectivity index (χ0v) is 17.1. The van der Waals surface area contributed by atoms with Gasteiger partial charge in [0.2, 0.25) is 5.91 Å². The van der Waals surface area contributed by atoms with Gasteiger partial charge in [0, 0.05) is 38.4 Å². The van der Waals surface area contributed by atoms with E-state index >= 15 is 0 Å². The van der Waals surface area contributed by atoms with Crippen LogP contribution in [-0.2, 0) is 27.9 Å². The van der Waals surface area contributed by atoms with Crippen molar-refractivity contribution in [2.75, 3.05) is 24.2 Å². The molecule has 2 aromatic rings. The highest BCUT2D eigenvalue weighted by Gasteiger charge is 2.23. The second-order valence-corrected chi connectivity index (χ2v) is 8.31. The van der Waals surface area contributed by atoms with Gasteiger partial charge in [0.15, 0.2) is 0 Å². The molecule has 3 N–H and O–H groups in total. The van der Waals surface area contributed by atoms with Gasteiger partial charge in [-0.2, -0.15) is 0 Å². The third-order valence-corrected chi connectivity index (χ3v) is 5.81. The summed E-state index contributed by atoms with van der Waals surface area (Å²) in [6, 6.07) is 9.39. The summed E-state index contributed by atoms with van der Waals surface area (Å²) in [7, 11) is -0.915. The largest absolute Gasteiger partial charge is 0.495 e. The number of carbonyl (C=O) groups is 2. The number of urea groups is 1. The van der Waals surface area contributed by atoms with Crippen LogP contribution in [0.1, 0.15) is 18.1 Å². The van der Waals surface area contributed by atoms with Gasteiger partial charge in [-0.05, 0) is 41.5 Å². The zero-order chi connectivity index (χ0) is 21.2. The number of fused-ring (bicyclic) bond motifs is 1. The van der Waals surface area contributed by atoms with Crippen LogP contribution < -0.4 is 20.1 Å². The van der Waals surface area contributed by atoms with Crippen LogP contribution in [0.5, 0.6) is 5.75 Å². The average Bonchev–Trinajstić information content (AvgIpc) is 2.67. The van der Waals surface area contributed by atoms with Crippen molar-refractivity contribution in [3.05, 3.63) is 47.5 Å². The fourth-order valence-corrected chi connectivity index (χ4v) is 4.20. The molecule has 1 aliphatic heterocycles. The van der Waals surface area contributed by atoms with Gasteiger partial charge in [-0.3, -0.25) is 9.52 Å². The average molecular weight is 418 g/mol. The predicted octanol–water partition coefficient (Wildman–Crippen LogP) is 2.11. The highest BCUT2D eigenvalue weighted by Crippen LogP contribution is 2.30. The van der Waals surface area contributed by atoms with Gasteiger partial charge in [0.1, 0.15) is 10.6 Å². The van der Waals surface area contributed by atoms with Gasteiger partial charge in [0.05, 0.1) is 7.11 Å². The number of rotatable bonds is 6. The minimum Gasteiger partial charge on any atom is -0.495 e. The van der Waals surface area contributed by atoms with Crippen LogP contribution in [0, 0.1) is 0 Å². The SMILES string of the molecule is COc1ccc(CNC(C)=O)cc1S(=O)(=O)Nc1ccc2c(c1)CN(C)C(=O)N2. The molecule has 9 nitrogen and oxygen atoms in total. The van der Waals surface area contributed by atoms with Crippen molar-refractivity contribution in [3.8, 4) is 5.75 Å². The summed E-state index contributed by atoms with van der Waals surface area (Å²) in [6.45, 7) is 1.96. The number of hydrogen-bond acceptors (Lipinski definition) is 5. The molecule has 0 aromatic heterocycles. The summed E-state index contributed by atoms with van der Waals surface area (Å²) < 4.78 is 33.8. The summed E-state index contributed by atoms with van der Waals surface area (Å²) >= 11 is 0. The molecule has 0 unspecified atom stereocenters. The van der Waals surface area contributed by atoms with E-state index in [1.807, 2.05) is 0 Å². The lowest BCUT2D eigenvalue weighted by Crippen LogP contribution is -2.35. The number of benzene rings is 2. The second kappa shape index (κ2) is 8.00. The summed E-state index contributed by atoms with van der Waals surface area (Å²) in [5.41, 5.74) is 2.42. The first-order valence-corrected chi connectivity index (χ1v) is 10.3. The van der Waals surface area contributed by atoms with Crippen molar-refractivity contribution in [1.29, 1.82) is 0 Å². The van der Waals surface area contributed by atoms with Gasteiger partial charge in [-0.25, -0.2) is 13.2 Å². The van der Waals surface area contributed by atoms with Gasteiger partial charge < -0.3 is 20.3 Å². The molecule has 0 fully saturated rings. The first-order valence-electron chi connectivity index (χ1n) is 8.79. The van der Waals surface area contributed by atoms with E-state index in [9.17, 15) is 18.0 Å². The maximum Gasteiger partial charge on any atom is 0.321 e. The van der Waals surface area contributed by atoms with Crippen LogP contribution in [0.2, 0.25) is 0 Å². The van der Waals surface area contributed by atoms with Crippen molar-refractivity contribution in [1.82, 2.24) is 10.2 Å². The molecule has 10 heteroatoms. The van der Waals surface area contributed by atoms with E-state index in [0.717, 1.165) is 5.56 Å². The van der Waals surface area contributed by atoms with Crippen molar-refractivity contribution in [2.45, 2.75) is 24.9 Å². The van der Waals surface area contributed by atoms with Crippen LogP contribution in [0.3, 0.4) is 0 Å². The minimum atomic E-state index is -3.96. The third kappa shape index (κ3) is 4.60. The van der Waals surface area contributed by atoms with E-state index in [1.165, 1.54) is 25.0 Å². The normalized spacial score (nSPS) is 13.3. The quantitative estimate of drug-likeness (QED) is 0.664. The first kappa shape index (κ1) is 20.5. The maximum absolute atomic E-state index is 13.0. The monoisotopic (exact) mass is 418 g/mol. The molecule has 0 atom stereocenters. The highest BCUT2D eigenvalue weighted by molar-refractivity contribution is 7.92. The Morgan fingerprint density at radius 1 is 1.24 bits per heavy atom. The molecule has 2 aromatic carbocycles. The van der Waals surface area contributed by atoms with Gasteiger partial charge in [-0.15, -0.1) is 0 Å². The molecule has 1 heterocycles. The first-order chi connectivity index (χ1) is 13.7. The lowest BCUT2D eigenvalue weighted by atomic mass is 10.1. The van der Waals surface area contributed by atoms with E-state index in [4.69, 9.17) is 4.74 Å². The van der Waals surface area contributed by atoms with E-state index in [1.54, 1.807) is 37.4 Å². The smallest absolute Gasteiger partial charge is 0.321 e. The molecule has 3 amide bonds. The summed E-state index contributed by atoms with van der Waals surface area (Å²) in [4.78, 5) is 24.3. The van der Waals surface area contributed by atoms with E-state index in [-0.39, 0.29) is 29.1 Å². The molecule has 0 bridgehead atoms. The third-order valence-electron chi connectivity index (χ3n) is 4.41. The molecule has 0 aliphatic carbocycles. The Balaban J connectivity index is 1.89. The van der Waals surface area contributed by atoms with Crippen LogP contribution >= 0.6 is 0 Å². The number of ether oxygens (including phenoxy) is 1. The number of anilines is 2. The van der Waals surface area contributed by atoms with E-state index < -0.39 is 10.0 Å². The van der Waals surface area contributed by atoms with E-state index in [2.05, 4.69) is 15.4 Å². The number of hydrogen-bond donors (Lipinski definition) is 3. The van der Waals surface area contributed by atoms with Crippen molar-refractivity contribution >= 4 is 33.3 Å². The molecule has 0 spiro atoms. The summed E-state index contributed by atoms with van der Waals surface area (Å²) in [5, 5.41) is 5.37. The highest BCUT2D eigenvalue weighted by atomic mass is 32.2. The number of amides is 3. The lowest BCUT2D eigenvalue weighted by Gasteiger charge is -2.26. The molecule has 154 valence electrons. The zero-order valence-electron chi connectivity index (χ0n) is 16.3. The summed E-state index contributed by atoms with van der Waals surface area (Å²) in [5.74, 6) is -0.0245. The fraction of sp³-hybridized carbons (Fsp3) is 0.263. The van der Waals surface area contributed by atoms with Crippen LogP contribution in [0.25, 0.3) is 0 Å². The second-order valence-electron chi connectivity index (χ2n) is 6.66. The molecule has 29 heavy (non-hydrogen) atoms. The number of methoxy groups -OCH3 is 1. The topological polar surface area (TPSA) is 117 Å². The lowest BCUT2D eigenvalue weighted by molar-refractivity contribution is -0.119. The Morgan fingerprint density at radius 3 is 2.69 bits per heavy atom. The molecular formula is C19H22N4O5S. The van der Waals surface area contributed by atoms with Crippen LogP contribution in [-0.4, -0.2) is 39.4 Å². The van der Waals surface area contributed by atoms with Crippen molar-refractivity contribution < 1.29 is 22.7 Å². The van der Waals surface area contributed by atoms with E-state index in [0.29, 0.717) is 23.5 Å². The molecule has 3 rings (SSSR count). The van der Waals surface area contributed by atoms with Crippen LogP contribution in [0.4, 0.5) is 16.2 Å². The molecular weight excluding hydrogens is 396 g/mol. The Bertz CT molecular complexity index is 1070. The Labute approximate surface area is 169 Å². The molecule has 0 radical (unpaired) electrons. The van der Waals surface area contributed by atoms with Crippen LogP contribution in [0.15, 0.2) is 41.3 Å².